The Morgan fingerprint density at radius 2 is 2.56 bits per heavy atom. The van der Waals surface area contributed by atoms with E-state index in [1.807, 2.05) is 13.2 Å². The van der Waals surface area contributed by atoms with Crippen molar-refractivity contribution in [3.8, 4) is 0 Å². The van der Waals surface area contributed by atoms with Gasteiger partial charge in [0.2, 0.25) is 0 Å². The van der Waals surface area contributed by atoms with Crippen molar-refractivity contribution < 1.29 is 9.90 Å². The van der Waals surface area contributed by atoms with E-state index in [0.717, 1.165) is 31.4 Å². The Bertz CT molecular complexity index is 380. The number of aryl methyl sites for hydroxylation is 2. The van der Waals surface area contributed by atoms with E-state index in [-0.39, 0.29) is 0 Å². The fraction of sp³-hybridized carbons (Fsp3) is 0.636. The maximum absolute atomic E-state index is 11.3. The molecule has 1 atom stereocenters. The van der Waals surface area contributed by atoms with Gasteiger partial charge in [-0.25, -0.2) is 0 Å². The minimum Gasteiger partial charge on any atom is -0.480 e. The summed E-state index contributed by atoms with van der Waals surface area (Å²) in [7, 11) is 1.87. The molecule has 1 aromatic heterocycles. The Morgan fingerprint density at radius 1 is 1.75 bits per heavy atom. The maximum atomic E-state index is 11.3. The Morgan fingerprint density at radius 3 is 3.06 bits per heavy atom. The molecule has 2 N–H and O–H groups in total. The molecule has 5 heteroatoms. The highest BCUT2D eigenvalue weighted by Gasteiger charge is 2.40. The largest absolute Gasteiger partial charge is 0.480 e. The van der Waals surface area contributed by atoms with Crippen LogP contribution in [0.25, 0.3) is 0 Å². The van der Waals surface area contributed by atoms with Crippen molar-refractivity contribution in [2.75, 3.05) is 6.54 Å². The maximum Gasteiger partial charge on any atom is 0.323 e. The lowest BCUT2D eigenvalue weighted by Gasteiger charge is -2.23. The summed E-state index contributed by atoms with van der Waals surface area (Å²) in [5, 5.41) is 16.5. The minimum absolute atomic E-state index is 0.633. The molecule has 0 aromatic carbocycles. The molecule has 2 rings (SSSR count). The third-order valence-corrected chi connectivity index (χ3v) is 3.25. The van der Waals surface area contributed by atoms with Gasteiger partial charge in [0.25, 0.3) is 0 Å². The van der Waals surface area contributed by atoms with Crippen LogP contribution in [0, 0.1) is 0 Å². The van der Waals surface area contributed by atoms with E-state index in [1.54, 1.807) is 10.9 Å². The number of carboxylic acids is 1. The lowest BCUT2D eigenvalue weighted by molar-refractivity contribution is -0.144. The third kappa shape index (κ3) is 2.09. The topological polar surface area (TPSA) is 67.2 Å². The molecule has 1 aromatic rings. The van der Waals surface area contributed by atoms with Crippen LogP contribution in [0.1, 0.15) is 24.8 Å². The molecule has 1 saturated heterocycles. The normalized spacial score (nSPS) is 24.8. The quantitative estimate of drug-likeness (QED) is 0.782. The molecule has 1 aliphatic heterocycles. The predicted molar refractivity (Wildman–Crippen MR) is 59.1 cm³/mol. The summed E-state index contributed by atoms with van der Waals surface area (Å²) < 4.78 is 1.74. The monoisotopic (exact) mass is 223 g/mol. The lowest BCUT2D eigenvalue weighted by Crippen LogP contribution is -2.47. The number of nitrogens with one attached hydrogen (secondary N) is 1. The van der Waals surface area contributed by atoms with E-state index in [0.29, 0.717) is 6.42 Å². The van der Waals surface area contributed by atoms with Gasteiger partial charge in [0.05, 0.1) is 6.20 Å². The molecule has 5 nitrogen and oxygen atoms in total. The first-order chi connectivity index (χ1) is 7.62. The van der Waals surface area contributed by atoms with E-state index in [2.05, 4.69) is 10.4 Å². The lowest BCUT2D eigenvalue weighted by atomic mass is 9.90. The standard InChI is InChI=1S/C11H17N3O2/c1-14-8-9(7-13-14)3-5-11(10(15)16)4-2-6-12-11/h7-8,12H,2-6H2,1H3,(H,15,16). The van der Waals surface area contributed by atoms with Crippen molar-refractivity contribution in [3.63, 3.8) is 0 Å². The van der Waals surface area contributed by atoms with Gasteiger partial charge in [0.15, 0.2) is 0 Å². The first-order valence-corrected chi connectivity index (χ1v) is 5.58. The van der Waals surface area contributed by atoms with Crippen LogP contribution in [-0.4, -0.2) is 32.9 Å². The fourth-order valence-electron chi connectivity index (χ4n) is 2.27. The zero-order chi connectivity index (χ0) is 11.6. The molecular formula is C11H17N3O2. The summed E-state index contributed by atoms with van der Waals surface area (Å²) in [6.45, 7) is 0.805. The van der Waals surface area contributed by atoms with Crippen LogP contribution < -0.4 is 5.32 Å². The number of aliphatic carboxylic acids is 1. The van der Waals surface area contributed by atoms with Gasteiger partial charge in [0, 0.05) is 13.2 Å². The number of rotatable bonds is 4. The summed E-state index contributed by atoms with van der Waals surface area (Å²) in [5.41, 5.74) is 0.382. The van der Waals surface area contributed by atoms with Crippen molar-refractivity contribution in [1.82, 2.24) is 15.1 Å². The van der Waals surface area contributed by atoms with Crippen molar-refractivity contribution in [1.29, 1.82) is 0 Å². The van der Waals surface area contributed by atoms with E-state index in [9.17, 15) is 9.90 Å². The van der Waals surface area contributed by atoms with Crippen LogP contribution in [0.3, 0.4) is 0 Å². The summed E-state index contributed by atoms with van der Waals surface area (Å²) in [5.74, 6) is -0.728. The van der Waals surface area contributed by atoms with Crippen LogP contribution in [0.5, 0.6) is 0 Å². The van der Waals surface area contributed by atoms with Crippen LogP contribution >= 0.6 is 0 Å². The molecule has 1 unspecified atom stereocenters. The van der Waals surface area contributed by atoms with Crippen molar-refractivity contribution in [2.24, 2.45) is 7.05 Å². The average Bonchev–Trinajstić information content (AvgIpc) is 2.84. The highest BCUT2D eigenvalue weighted by molar-refractivity contribution is 5.79. The Balaban J connectivity index is 1.99. The summed E-state index contributed by atoms with van der Waals surface area (Å²) in [6.07, 6.45) is 6.79. The van der Waals surface area contributed by atoms with Crippen molar-refractivity contribution in [3.05, 3.63) is 18.0 Å². The van der Waals surface area contributed by atoms with Crippen molar-refractivity contribution in [2.45, 2.75) is 31.2 Å². The zero-order valence-corrected chi connectivity index (χ0v) is 9.44. The van der Waals surface area contributed by atoms with Gasteiger partial charge in [-0.1, -0.05) is 0 Å². The Kier molecular flexibility index (Phi) is 2.96. The SMILES string of the molecule is Cn1cc(CCC2(C(=O)O)CCCN2)cn1. The molecule has 0 amide bonds. The summed E-state index contributed by atoms with van der Waals surface area (Å²) in [6, 6.07) is 0. The van der Waals surface area contributed by atoms with Gasteiger partial charge in [-0.3, -0.25) is 9.48 Å². The van der Waals surface area contributed by atoms with E-state index in [1.165, 1.54) is 0 Å². The second-order valence-electron chi connectivity index (χ2n) is 4.44. The van der Waals surface area contributed by atoms with Crippen LogP contribution in [-0.2, 0) is 18.3 Å². The molecular weight excluding hydrogens is 206 g/mol. The molecule has 0 bridgehead atoms. The second kappa shape index (κ2) is 4.25. The summed E-state index contributed by atoms with van der Waals surface area (Å²) in [4.78, 5) is 11.3. The molecule has 1 fully saturated rings. The van der Waals surface area contributed by atoms with Crippen molar-refractivity contribution >= 4 is 5.97 Å². The summed E-state index contributed by atoms with van der Waals surface area (Å²) >= 11 is 0. The molecule has 2 heterocycles. The fourth-order valence-corrected chi connectivity index (χ4v) is 2.27. The first-order valence-electron chi connectivity index (χ1n) is 5.58. The minimum atomic E-state index is -0.728. The van der Waals surface area contributed by atoms with Crippen LogP contribution in [0.2, 0.25) is 0 Å². The van der Waals surface area contributed by atoms with Gasteiger partial charge in [-0.05, 0) is 37.8 Å². The highest BCUT2D eigenvalue weighted by atomic mass is 16.4. The number of aromatic nitrogens is 2. The van der Waals surface area contributed by atoms with Gasteiger partial charge >= 0.3 is 5.97 Å². The molecule has 0 aliphatic carbocycles. The number of nitrogens with zero attached hydrogens (tertiary/aromatic N) is 2. The molecule has 0 saturated carbocycles. The van der Waals surface area contributed by atoms with Crippen LogP contribution in [0.4, 0.5) is 0 Å². The smallest absolute Gasteiger partial charge is 0.323 e. The molecule has 1 aliphatic rings. The van der Waals surface area contributed by atoms with E-state index in [4.69, 9.17) is 0 Å². The van der Waals surface area contributed by atoms with Crippen LogP contribution in [0.15, 0.2) is 12.4 Å². The molecule has 16 heavy (non-hydrogen) atoms. The van der Waals surface area contributed by atoms with Gasteiger partial charge in [0.1, 0.15) is 5.54 Å². The zero-order valence-electron chi connectivity index (χ0n) is 9.44. The van der Waals surface area contributed by atoms with E-state index < -0.39 is 11.5 Å². The highest BCUT2D eigenvalue weighted by Crippen LogP contribution is 2.25. The average molecular weight is 223 g/mol. The third-order valence-electron chi connectivity index (χ3n) is 3.25. The van der Waals surface area contributed by atoms with Gasteiger partial charge in [-0.15, -0.1) is 0 Å². The number of carboxylic acid groups (broad SMARTS) is 1. The Labute approximate surface area is 94.5 Å². The second-order valence-corrected chi connectivity index (χ2v) is 4.44. The molecule has 88 valence electrons. The van der Waals surface area contributed by atoms with E-state index >= 15 is 0 Å². The number of hydrogen-bond acceptors (Lipinski definition) is 3. The molecule has 0 radical (unpaired) electrons. The molecule has 0 spiro atoms. The number of carbonyl (C=O) groups is 1. The predicted octanol–water partition coefficient (Wildman–Crippen LogP) is 0.559. The van der Waals surface area contributed by atoms with Gasteiger partial charge < -0.3 is 10.4 Å². The van der Waals surface area contributed by atoms with Gasteiger partial charge in [-0.2, -0.15) is 5.10 Å². The number of hydrogen-bond donors (Lipinski definition) is 2. The Hall–Kier alpha value is -1.36. The first kappa shape index (κ1) is 11.1.